The Labute approximate surface area is 114 Å². The molecule has 0 fully saturated rings. The standard InChI is InChI=1S/C15H21ClO2/c1-5-7-14(17)13-9-11(16)8-12(10(3)4)15(13)18-6-2/h8-10H,5-7H2,1-4H3. The van der Waals surface area contributed by atoms with Crippen molar-refractivity contribution in [1.82, 2.24) is 0 Å². The zero-order chi connectivity index (χ0) is 13.7. The number of rotatable bonds is 6. The largest absolute Gasteiger partial charge is 0.493 e. The highest BCUT2D eigenvalue weighted by atomic mass is 35.5. The molecule has 0 aliphatic heterocycles. The van der Waals surface area contributed by atoms with Crippen LogP contribution in [-0.4, -0.2) is 12.4 Å². The van der Waals surface area contributed by atoms with E-state index in [1.807, 2.05) is 19.9 Å². The van der Waals surface area contributed by atoms with Gasteiger partial charge in [0.15, 0.2) is 5.78 Å². The monoisotopic (exact) mass is 268 g/mol. The van der Waals surface area contributed by atoms with Crippen molar-refractivity contribution < 1.29 is 9.53 Å². The summed E-state index contributed by atoms with van der Waals surface area (Å²) >= 11 is 6.10. The van der Waals surface area contributed by atoms with Crippen LogP contribution >= 0.6 is 11.6 Å². The minimum absolute atomic E-state index is 0.102. The van der Waals surface area contributed by atoms with Gasteiger partial charge in [0.25, 0.3) is 0 Å². The lowest BCUT2D eigenvalue weighted by Gasteiger charge is -2.17. The van der Waals surface area contributed by atoms with Crippen molar-refractivity contribution in [3.05, 3.63) is 28.3 Å². The van der Waals surface area contributed by atoms with Crippen LogP contribution in [0.5, 0.6) is 5.75 Å². The van der Waals surface area contributed by atoms with Crippen LogP contribution in [-0.2, 0) is 0 Å². The number of ether oxygens (including phenoxy) is 1. The van der Waals surface area contributed by atoms with Gasteiger partial charge in [-0.2, -0.15) is 0 Å². The summed E-state index contributed by atoms with van der Waals surface area (Å²) in [5.74, 6) is 1.08. The van der Waals surface area contributed by atoms with E-state index in [9.17, 15) is 4.79 Å². The number of carbonyl (C=O) groups is 1. The number of hydrogen-bond acceptors (Lipinski definition) is 2. The van der Waals surface area contributed by atoms with E-state index in [0.717, 1.165) is 12.0 Å². The smallest absolute Gasteiger partial charge is 0.166 e. The van der Waals surface area contributed by atoms with Crippen LogP contribution in [0.3, 0.4) is 0 Å². The molecule has 1 aromatic carbocycles. The van der Waals surface area contributed by atoms with Gasteiger partial charge in [-0.15, -0.1) is 0 Å². The summed E-state index contributed by atoms with van der Waals surface area (Å²) in [5.41, 5.74) is 1.62. The Morgan fingerprint density at radius 1 is 1.33 bits per heavy atom. The third-order valence-corrected chi connectivity index (χ3v) is 2.99. The molecule has 100 valence electrons. The average molecular weight is 269 g/mol. The normalized spacial score (nSPS) is 10.8. The van der Waals surface area contributed by atoms with E-state index >= 15 is 0 Å². The fraction of sp³-hybridized carbons (Fsp3) is 0.533. The van der Waals surface area contributed by atoms with Crippen LogP contribution in [0.1, 0.15) is 62.4 Å². The highest BCUT2D eigenvalue weighted by Crippen LogP contribution is 2.34. The second-order valence-electron chi connectivity index (χ2n) is 4.63. The number of halogens is 1. The van der Waals surface area contributed by atoms with Crippen molar-refractivity contribution in [2.45, 2.75) is 46.5 Å². The quantitative estimate of drug-likeness (QED) is 0.690. The van der Waals surface area contributed by atoms with Crippen LogP contribution in [0.25, 0.3) is 0 Å². The molecule has 3 heteroatoms. The van der Waals surface area contributed by atoms with Crippen molar-refractivity contribution in [1.29, 1.82) is 0 Å². The van der Waals surface area contributed by atoms with Gasteiger partial charge < -0.3 is 4.74 Å². The summed E-state index contributed by atoms with van der Waals surface area (Å²) in [7, 11) is 0. The third-order valence-electron chi connectivity index (χ3n) is 2.77. The molecular formula is C15H21ClO2. The van der Waals surface area contributed by atoms with Crippen LogP contribution in [0.4, 0.5) is 0 Å². The van der Waals surface area contributed by atoms with Gasteiger partial charge in [-0.05, 0) is 37.0 Å². The zero-order valence-electron chi connectivity index (χ0n) is 11.5. The third kappa shape index (κ3) is 3.49. The number of ketones is 1. The van der Waals surface area contributed by atoms with Crippen molar-refractivity contribution in [2.24, 2.45) is 0 Å². The maximum Gasteiger partial charge on any atom is 0.166 e. The summed E-state index contributed by atoms with van der Waals surface area (Å²) < 4.78 is 5.67. The fourth-order valence-corrected chi connectivity index (χ4v) is 2.14. The lowest BCUT2D eigenvalue weighted by atomic mass is 9.96. The predicted molar refractivity (Wildman–Crippen MR) is 75.9 cm³/mol. The van der Waals surface area contributed by atoms with Crippen LogP contribution < -0.4 is 4.74 Å². The molecule has 0 aromatic heterocycles. The SMILES string of the molecule is CCCC(=O)c1cc(Cl)cc(C(C)C)c1OCC. The minimum atomic E-state index is 0.102. The van der Waals surface area contributed by atoms with Gasteiger partial charge >= 0.3 is 0 Å². The number of hydrogen-bond donors (Lipinski definition) is 0. The molecule has 0 heterocycles. The molecule has 1 aromatic rings. The van der Waals surface area contributed by atoms with E-state index in [1.165, 1.54) is 0 Å². The van der Waals surface area contributed by atoms with Gasteiger partial charge in [-0.25, -0.2) is 0 Å². The van der Waals surface area contributed by atoms with E-state index in [1.54, 1.807) is 6.07 Å². The lowest BCUT2D eigenvalue weighted by Crippen LogP contribution is -2.07. The summed E-state index contributed by atoms with van der Waals surface area (Å²) in [4.78, 5) is 12.1. The first-order valence-corrected chi connectivity index (χ1v) is 6.88. The first kappa shape index (κ1) is 15.0. The Bertz CT molecular complexity index is 425. The van der Waals surface area contributed by atoms with Gasteiger partial charge in [0.05, 0.1) is 12.2 Å². The van der Waals surface area contributed by atoms with Crippen molar-refractivity contribution >= 4 is 17.4 Å². The summed E-state index contributed by atoms with van der Waals surface area (Å²) in [6.45, 7) is 8.61. The van der Waals surface area contributed by atoms with Crippen LogP contribution in [0, 0.1) is 0 Å². The molecule has 0 saturated carbocycles. The lowest BCUT2D eigenvalue weighted by molar-refractivity contribution is 0.0978. The predicted octanol–water partition coefficient (Wildman–Crippen LogP) is 4.84. The topological polar surface area (TPSA) is 26.3 Å². The van der Waals surface area contributed by atoms with Gasteiger partial charge in [0, 0.05) is 11.4 Å². The Balaban J connectivity index is 3.33. The minimum Gasteiger partial charge on any atom is -0.493 e. The van der Waals surface area contributed by atoms with Crippen molar-refractivity contribution in [3.8, 4) is 5.75 Å². The maximum absolute atomic E-state index is 12.1. The summed E-state index contributed by atoms with van der Waals surface area (Å²) in [6.07, 6.45) is 1.35. The second kappa shape index (κ2) is 6.79. The van der Waals surface area contributed by atoms with Gasteiger partial charge in [0.1, 0.15) is 5.75 Å². The first-order chi connectivity index (χ1) is 8.51. The molecule has 0 atom stereocenters. The molecule has 0 radical (unpaired) electrons. The Morgan fingerprint density at radius 2 is 2.00 bits per heavy atom. The van der Waals surface area contributed by atoms with E-state index in [2.05, 4.69) is 13.8 Å². The molecule has 2 nitrogen and oxygen atoms in total. The average Bonchev–Trinajstić information content (AvgIpc) is 2.31. The highest BCUT2D eigenvalue weighted by Gasteiger charge is 2.18. The van der Waals surface area contributed by atoms with E-state index < -0.39 is 0 Å². The highest BCUT2D eigenvalue weighted by molar-refractivity contribution is 6.31. The number of carbonyl (C=O) groups excluding carboxylic acids is 1. The number of Topliss-reactive ketones (excluding diaryl/α,β-unsaturated/α-hetero) is 1. The molecule has 0 bridgehead atoms. The molecule has 18 heavy (non-hydrogen) atoms. The van der Waals surface area contributed by atoms with Crippen molar-refractivity contribution in [2.75, 3.05) is 6.61 Å². The van der Waals surface area contributed by atoms with E-state index in [4.69, 9.17) is 16.3 Å². The zero-order valence-corrected chi connectivity index (χ0v) is 12.3. The Morgan fingerprint density at radius 3 is 2.50 bits per heavy atom. The molecule has 0 aliphatic carbocycles. The second-order valence-corrected chi connectivity index (χ2v) is 5.07. The molecule has 0 saturated heterocycles. The summed E-state index contributed by atoms with van der Waals surface area (Å²) in [5, 5.41) is 0.599. The van der Waals surface area contributed by atoms with Crippen LogP contribution in [0.2, 0.25) is 5.02 Å². The van der Waals surface area contributed by atoms with Gasteiger partial charge in [0.2, 0.25) is 0 Å². The van der Waals surface area contributed by atoms with E-state index in [0.29, 0.717) is 29.4 Å². The molecule has 0 unspecified atom stereocenters. The maximum atomic E-state index is 12.1. The Kier molecular flexibility index (Phi) is 5.67. The number of benzene rings is 1. The molecule has 0 aliphatic rings. The molecule has 0 amide bonds. The molecule has 0 N–H and O–H groups in total. The van der Waals surface area contributed by atoms with Crippen molar-refractivity contribution in [3.63, 3.8) is 0 Å². The van der Waals surface area contributed by atoms with E-state index in [-0.39, 0.29) is 11.7 Å². The molecule has 1 rings (SSSR count). The Hall–Kier alpha value is -1.02. The van der Waals surface area contributed by atoms with Gasteiger partial charge in [-0.3, -0.25) is 4.79 Å². The summed E-state index contributed by atoms with van der Waals surface area (Å²) in [6, 6.07) is 3.61. The fourth-order valence-electron chi connectivity index (χ4n) is 1.92. The van der Waals surface area contributed by atoms with Crippen LogP contribution in [0.15, 0.2) is 12.1 Å². The first-order valence-electron chi connectivity index (χ1n) is 6.50. The molecule has 0 spiro atoms. The molecular weight excluding hydrogens is 248 g/mol. The van der Waals surface area contributed by atoms with Gasteiger partial charge in [-0.1, -0.05) is 32.4 Å².